The molecule has 16 heavy (non-hydrogen) atoms. The second kappa shape index (κ2) is 6.20. The van der Waals surface area contributed by atoms with Crippen molar-refractivity contribution in [2.24, 2.45) is 0 Å². The van der Waals surface area contributed by atoms with Gasteiger partial charge in [-0.2, -0.15) is 0 Å². The van der Waals surface area contributed by atoms with Crippen molar-refractivity contribution in [3.05, 3.63) is 36.0 Å². The largest absolute Gasteiger partial charge is 0.521 e. The number of carboxylic acid groups (broad SMARTS) is 1. The molecule has 1 radical (unpaired) electrons. The first kappa shape index (κ1) is 15.4. The number of hydrogen-bond donors (Lipinski definition) is 1. The Bertz CT molecular complexity index is 366. The van der Waals surface area contributed by atoms with Crippen LogP contribution in [0.1, 0.15) is 0 Å². The van der Waals surface area contributed by atoms with Gasteiger partial charge in [0.2, 0.25) is 5.97 Å². The number of alkyl halides is 2. The molecule has 0 amide bonds. The van der Waals surface area contributed by atoms with Gasteiger partial charge in [0.25, 0.3) is 6.43 Å². The van der Waals surface area contributed by atoms with E-state index in [2.05, 4.69) is 12.8 Å². The molecule has 85 valence electrons. The molecule has 0 aliphatic carbocycles. The number of hydrogen-bond acceptors (Lipinski definition) is 2. The Labute approximate surface area is 115 Å². The van der Waals surface area contributed by atoms with Crippen molar-refractivity contribution >= 4 is 5.97 Å². The summed E-state index contributed by atoms with van der Waals surface area (Å²) in [5.74, 6) is -2.39. The van der Waals surface area contributed by atoms with Gasteiger partial charge in [-0.1, -0.05) is 12.3 Å². The molecule has 1 rings (SSSR count). The first-order chi connectivity index (χ1) is 6.91. The average Bonchev–Trinajstić information content (AvgIpc) is 2.11. The minimum Gasteiger partial charge on any atom is -0.521 e. The van der Waals surface area contributed by atoms with E-state index in [1.165, 1.54) is 0 Å². The van der Waals surface area contributed by atoms with Gasteiger partial charge in [0.05, 0.1) is 12.4 Å². The molecule has 0 saturated heterocycles. The van der Waals surface area contributed by atoms with Crippen molar-refractivity contribution in [2.45, 2.75) is 6.43 Å². The van der Waals surface area contributed by atoms with Gasteiger partial charge in [-0.15, -0.1) is 6.58 Å². The fourth-order valence-electron chi connectivity index (χ4n) is 0.988. The summed E-state index contributed by atoms with van der Waals surface area (Å²) < 4.78 is 37.1. The predicted molar refractivity (Wildman–Crippen MR) is 45.4 cm³/mol. The van der Waals surface area contributed by atoms with Gasteiger partial charge in [0.1, 0.15) is 0 Å². The molecule has 1 N–H and O–H groups in total. The predicted octanol–water partition coefficient (Wildman–Crippen LogP) is 1.70. The molecule has 3 nitrogen and oxygen atoms in total. The molecule has 0 fully saturated rings. The zero-order valence-corrected chi connectivity index (χ0v) is 10.9. The van der Waals surface area contributed by atoms with Crippen molar-refractivity contribution in [2.75, 3.05) is 6.54 Å². The van der Waals surface area contributed by atoms with Crippen molar-refractivity contribution in [1.29, 1.82) is 0 Å². The summed E-state index contributed by atoms with van der Waals surface area (Å²) in [4.78, 5) is 11.1. The van der Waals surface area contributed by atoms with Crippen LogP contribution in [0, 0.1) is 6.20 Å². The third-order valence-corrected chi connectivity index (χ3v) is 1.68. The average molecular weight is 307 g/mol. The summed E-state index contributed by atoms with van der Waals surface area (Å²) in [5.41, 5.74) is -0.833. The smallest absolute Gasteiger partial charge is 0.254 e. The quantitative estimate of drug-likeness (QED) is 0.807. The van der Waals surface area contributed by atoms with Crippen LogP contribution in [-0.2, 0) is 37.5 Å². The second-order valence-electron chi connectivity index (χ2n) is 2.77. The van der Waals surface area contributed by atoms with E-state index < -0.39 is 30.3 Å². The summed E-state index contributed by atoms with van der Waals surface area (Å²) in [6, 6.07) is 0. The van der Waals surface area contributed by atoms with Crippen molar-refractivity contribution in [3.8, 4) is 0 Å². The second-order valence-corrected chi connectivity index (χ2v) is 2.77. The van der Waals surface area contributed by atoms with E-state index >= 15 is 0 Å². The van der Waals surface area contributed by atoms with Crippen LogP contribution in [0.25, 0.3) is 0 Å². The maximum absolute atomic E-state index is 13.0. The van der Waals surface area contributed by atoms with Gasteiger partial charge >= 0.3 is 0 Å². The van der Waals surface area contributed by atoms with Gasteiger partial charge in [-0.3, -0.25) is 0 Å². The zero-order chi connectivity index (χ0) is 11.6. The molecule has 0 saturated carbocycles. The fourth-order valence-corrected chi connectivity index (χ4v) is 0.988. The van der Waals surface area contributed by atoms with Crippen LogP contribution in [0.5, 0.6) is 0 Å². The van der Waals surface area contributed by atoms with E-state index in [1.807, 2.05) is 0 Å². The number of halogens is 3. The molecular formula is C9H7F3NO2Y-. The Hall–Kier alpha value is -0.616. The third-order valence-electron chi connectivity index (χ3n) is 1.68. The zero-order valence-electron chi connectivity index (χ0n) is 8.08. The Kier molecular flexibility index (Phi) is 5.96. The minimum absolute atomic E-state index is 0. The van der Waals surface area contributed by atoms with Crippen molar-refractivity contribution < 1.29 is 55.8 Å². The summed E-state index contributed by atoms with van der Waals surface area (Å²) >= 11 is 0. The number of allylic oxidation sites excluding steroid dienone is 1. The fraction of sp³-hybridized carbons (Fsp3) is 0.222. The topological polar surface area (TPSA) is 40.5 Å². The summed E-state index contributed by atoms with van der Waals surface area (Å²) in [6.45, 7) is 2.37. The van der Waals surface area contributed by atoms with Crippen LogP contribution in [-0.4, -0.2) is 28.9 Å². The molecule has 0 unspecified atom stereocenters. The molecule has 0 aromatic carbocycles. The molecule has 0 aromatic rings. The van der Waals surface area contributed by atoms with E-state index in [1.54, 1.807) is 0 Å². The van der Waals surface area contributed by atoms with Crippen LogP contribution in [0.3, 0.4) is 0 Å². The number of rotatable bonds is 3. The van der Waals surface area contributed by atoms with Crippen LogP contribution < -0.4 is 0 Å². The number of nitrogens with zero attached hydrogens (tertiary/aromatic N) is 1. The third kappa shape index (κ3) is 3.75. The molecule has 0 aromatic heterocycles. The van der Waals surface area contributed by atoms with Gasteiger partial charge in [0, 0.05) is 32.7 Å². The molecule has 0 atom stereocenters. The van der Waals surface area contributed by atoms with Gasteiger partial charge in [0.15, 0.2) is 0 Å². The van der Waals surface area contributed by atoms with Gasteiger partial charge < -0.3 is 14.8 Å². The van der Waals surface area contributed by atoms with E-state index in [9.17, 15) is 18.0 Å². The molecular weight excluding hydrogens is 300 g/mol. The van der Waals surface area contributed by atoms with E-state index in [0.29, 0.717) is 11.0 Å². The number of carbonyl (C=O) groups is 1. The molecule has 0 bridgehead atoms. The Morgan fingerprint density at radius 1 is 1.62 bits per heavy atom. The molecule has 1 aliphatic rings. The van der Waals surface area contributed by atoms with E-state index in [4.69, 9.17) is 5.11 Å². The van der Waals surface area contributed by atoms with Gasteiger partial charge in [-0.05, 0) is 11.3 Å². The van der Waals surface area contributed by atoms with Crippen molar-refractivity contribution in [1.82, 2.24) is 4.90 Å². The minimum atomic E-state index is -2.73. The Morgan fingerprint density at radius 2 is 2.19 bits per heavy atom. The van der Waals surface area contributed by atoms with Crippen molar-refractivity contribution in [3.63, 3.8) is 0 Å². The number of aliphatic carboxylic acids is 1. The standard InChI is InChI=1S/C9H7F3NO2.Y/c1-5-7(10)2-6(9(14)15)3-13(5)4-8(11)12;/h2,8H,1,4H2,(H,14,15);/q-1;. The van der Waals surface area contributed by atoms with E-state index in [0.717, 1.165) is 0 Å². The molecule has 7 heteroatoms. The Morgan fingerprint density at radius 3 is 2.62 bits per heavy atom. The molecule has 1 aliphatic heterocycles. The first-order valence-electron chi connectivity index (χ1n) is 3.91. The Balaban J connectivity index is 0.00000225. The maximum atomic E-state index is 13.0. The number of carboxylic acids is 1. The summed E-state index contributed by atoms with van der Waals surface area (Å²) in [6.07, 6.45) is 0.0794. The molecule has 0 spiro atoms. The van der Waals surface area contributed by atoms with Crippen LogP contribution in [0.2, 0.25) is 0 Å². The summed E-state index contributed by atoms with van der Waals surface area (Å²) in [5, 5.41) is 8.54. The SMILES string of the molecule is C=C1C(F)=CC(C(=O)O)=[C-]N1CC(F)F.[Y]. The van der Waals surface area contributed by atoms with Crippen LogP contribution >= 0.6 is 0 Å². The van der Waals surface area contributed by atoms with Gasteiger partial charge in [-0.25, -0.2) is 13.2 Å². The van der Waals surface area contributed by atoms with Crippen LogP contribution in [0.15, 0.2) is 29.8 Å². The molecule has 1 heterocycles. The maximum Gasteiger partial charge on any atom is 0.254 e. The van der Waals surface area contributed by atoms with Crippen LogP contribution in [0.4, 0.5) is 13.2 Å². The normalized spacial score (nSPS) is 15.5. The summed E-state index contributed by atoms with van der Waals surface area (Å²) in [7, 11) is 0. The first-order valence-corrected chi connectivity index (χ1v) is 3.91. The monoisotopic (exact) mass is 307 g/mol. The van der Waals surface area contributed by atoms with E-state index in [-0.39, 0.29) is 38.4 Å².